The Morgan fingerprint density at radius 1 is 0.955 bits per heavy atom. The largest absolute Gasteiger partial charge is 0.496 e. The fourth-order valence-electron chi connectivity index (χ4n) is 4.99. The Balaban J connectivity index is 1.64. The summed E-state index contributed by atoms with van der Waals surface area (Å²) in [5.41, 5.74) is 8.51. The van der Waals surface area contributed by atoms with Crippen molar-refractivity contribution in [3.63, 3.8) is 0 Å². The Labute approximate surface area is 257 Å². The van der Waals surface area contributed by atoms with E-state index in [1.165, 1.54) is 54.8 Å². The Hall–Kier alpha value is -5.16. The van der Waals surface area contributed by atoms with E-state index < -0.39 is 23.7 Å². The summed E-state index contributed by atoms with van der Waals surface area (Å²) in [6.07, 6.45) is 0.678. The molecule has 0 saturated heterocycles. The lowest BCUT2D eigenvalue weighted by Crippen LogP contribution is -2.27. The first-order chi connectivity index (χ1) is 21.1. The highest BCUT2D eigenvalue weighted by Crippen LogP contribution is 2.43. The molecule has 3 amide bonds. The maximum Gasteiger partial charge on any atom is 0.336 e. The smallest absolute Gasteiger partial charge is 0.336 e. The SMILES string of the molecule is COc1cc(NC(=O)c2cc3c(cc2-c2ccc(C(=O)NCC(C)C)cc2C(=O)O)OCCc2ccsc2-3)ccc1C(N)=O. The molecular formula is C33H31N3O7S. The van der Waals surface area contributed by atoms with E-state index in [1.807, 2.05) is 25.3 Å². The second-order valence-corrected chi connectivity index (χ2v) is 11.6. The quantitative estimate of drug-likeness (QED) is 0.195. The number of thiophene rings is 1. The van der Waals surface area contributed by atoms with E-state index in [4.69, 9.17) is 15.2 Å². The third-order valence-electron chi connectivity index (χ3n) is 7.18. The average molecular weight is 614 g/mol. The van der Waals surface area contributed by atoms with Crippen LogP contribution in [0, 0.1) is 5.92 Å². The van der Waals surface area contributed by atoms with Crippen LogP contribution in [0.3, 0.4) is 0 Å². The lowest BCUT2D eigenvalue weighted by atomic mass is 9.91. The second-order valence-electron chi connectivity index (χ2n) is 10.7. The molecule has 226 valence electrons. The fraction of sp³-hybridized carbons (Fsp3) is 0.212. The summed E-state index contributed by atoms with van der Waals surface area (Å²) in [5, 5.41) is 17.8. The number of carbonyl (C=O) groups excluding carboxylic acids is 3. The summed E-state index contributed by atoms with van der Waals surface area (Å²) >= 11 is 1.53. The molecule has 0 saturated carbocycles. The summed E-state index contributed by atoms with van der Waals surface area (Å²) in [6, 6.07) is 14.2. The molecular weight excluding hydrogens is 582 g/mol. The van der Waals surface area contributed by atoms with Gasteiger partial charge in [-0.2, -0.15) is 0 Å². The van der Waals surface area contributed by atoms with Crippen molar-refractivity contribution in [2.75, 3.05) is 25.6 Å². The van der Waals surface area contributed by atoms with Crippen LogP contribution in [0.2, 0.25) is 0 Å². The van der Waals surface area contributed by atoms with Crippen LogP contribution in [0.1, 0.15) is 60.8 Å². The molecule has 4 aromatic rings. The van der Waals surface area contributed by atoms with Gasteiger partial charge in [-0.05, 0) is 70.5 Å². The Morgan fingerprint density at radius 3 is 2.45 bits per heavy atom. The number of rotatable bonds is 9. The topological polar surface area (TPSA) is 157 Å². The normalized spacial score (nSPS) is 11.9. The molecule has 0 aliphatic carbocycles. The van der Waals surface area contributed by atoms with E-state index in [1.54, 1.807) is 12.1 Å². The van der Waals surface area contributed by atoms with Crippen LogP contribution in [0.15, 0.2) is 60.0 Å². The average Bonchev–Trinajstić information content (AvgIpc) is 3.40. The molecule has 0 radical (unpaired) electrons. The van der Waals surface area contributed by atoms with Crippen molar-refractivity contribution in [2.24, 2.45) is 11.7 Å². The van der Waals surface area contributed by atoms with Gasteiger partial charge in [0.1, 0.15) is 11.5 Å². The number of amides is 3. The molecule has 0 atom stereocenters. The number of hydrogen-bond donors (Lipinski definition) is 4. The zero-order chi connectivity index (χ0) is 31.5. The molecule has 3 aromatic carbocycles. The molecule has 44 heavy (non-hydrogen) atoms. The van der Waals surface area contributed by atoms with Gasteiger partial charge >= 0.3 is 5.97 Å². The predicted octanol–water partition coefficient (Wildman–Crippen LogP) is 5.46. The molecule has 0 bridgehead atoms. The summed E-state index contributed by atoms with van der Waals surface area (Å²) < 4.78 is 11.4. The minimum atomic E-state index is -1.26. The number of ether oxygens (including phenoxy) is 2. The van der Waals surface area contributed by atoms with Crippen molar-refractivity contribution in [1.29, 1.82) is 0 Å². The maximum atomic E-state index is 14.0. The van der Waals surface area contributed by atoms with Crippen LogP contribution in [0.4, 0.5) is 5.69 Å². The lowest BCUT2D eigenvalue weighted by Gasteiger charge is -2.18. The second kappa shape index (κ2) is 12.6. The van der Waals surface area contributed by atoms with E-state index in [0.717, 1.165) is 10.4 Å². The molecule has 1 aliphatic rings. The van der Waals surface area contributed by atoms with Crippen molar-refractivity contribution < 1.29 is 33.8 Å². The van der Waals surface area contributed by atoms with Crippen LogP contribution < -0.4 is 25.8 Å². The van der Waals surface area contributed by atoms with Crippen LogP contribution in [0.5, 0.6) is 11.5 Å². The number of carboxylic acids is 1. The molecule has 11 heteroatoms. The monoisotopic (exact) mass is 613 g/mol. The van der Waals surface area contributed by atoms with Gasteiger partial charge in [0, 0.05) is 46.3 Å². The minimum Gasteiger partial charge on any atom is -0.496 e. The highest BCUT2D eigenvalue weighted by Gasteiger charge is 2.26. The summed E-state index contributed by atoms with van der Waals surface area (Å²) in [7, 11) is 1.39. The fourth-order valence-corrected chi connectivity index (χ4v) is 5.97. The van der Waals surface area contributed by atoms with E-state index in [-0.39, 0.29) is 39.5 Å². The lowest BCUT2D eigenvalue weighted by molar-refractivity contribution is 0.0697. The molecule has 10 nitrogen and oxygen atoms in total. The van der Waals surface area contributed by atoms with Gasteiger partial charge in [-0.3, -0.25) is 14.4 Å². The number of methoxy groups -OCH3 is 1. The number of carboxylic acid groups (broad SMARTS) is 1. The van der Waals surface area contributed by atoms with E-state index in [0.29, 0.717) is 42.1 Å². The predicted molar refractivity (Wildman–Crippen MR) is 168 cm³/mol. The first-order valence-electron chi connectivity index (χ1n) is 13.9. The first-order valence-corrected chi connectivity index (χ1v) is 14.8. The molecule has 5 rings (SSSR count). The van der Waals surface area contributed by atoms with Gasteiger partial charge in [-0.1, -0.05) is 19.9 Å². The van der Waals surface area contributed by atoms with Crippen LogP contribution in [-0.4, -0.2) is 49.1 Å². The minimum absolute atomic E-state index is 0.144. The number of carbonyl (C=O) groups is 4. The number of aromatic carboxylic acids is 1. The van der Waals surface area contributed by atoms with Crippen LogP contribution >= 0.6 is 11.3 Å². The molecule has 0 spiro atoms. The molecule has 5 N–H and O–H groups in total. The van der Waals surface area contributed by atoms with Gasteiger partial charge in [0.05, 0.1) is 24.8 Å². The number of fused-ring (bicyclic) bond motifs is 3. The summed E-state index contributed by atoms with van der Waals surface area (Å²) in [5.74, 6) is -1.94. The third kappa shape index (κ3) is 6.13. The van der Waals surface area contributed by atoms with Gasteiger partial charge in [0.25, 0.3) is 17.7 Å². The van der Waals surface area contributed by atoms with Gasteiger partial charge in [0.2, 0.25) is 0 Å². The van der Waals surface area contributed by atoms with Gasteiger partial charge in [-0.25, -0.2) is 4.79 Å². The van der Waals surface area contributed by atoms with E-state index in [2.05, 4.69) is 10.6 Å². The number of anilines is 1. The number of hydrogen-bond acceptors (Lipinski definition) is 7. The molecule has 1 aromatic heterocycles. The molecule has 0 fully saturated rings. The highest BCUT2D eigenvalue weighted by molar-refractivity contribution is 7.13. The third-order valence-corrected chi connectivity index (χ3v) is 8.17. The van der Waals surface area contributed by atoms with Crippen molar-refractivity contribution in [3.8, 4) is 33.1 Å². The van der Waals surface area contributed by atoms with Gasteiger partial charge < -0.3 is 30.9 Å². The van der Waals surface area contributed by atoms with Crippen molar-refractivity contribution in [1.82, 2.24) is 5.32 Å². The molecule has 0 unspecified atom stereocenters. The van der Waals surface area contributed by atoms with E-state index in [9.17, 15) is 24.3 Å². The number of nitrogens with two attached hydrogens (primary N) is 1. The van der Waals surface area contributed by atoms with Crippen molar-refractivity contribution in [2.45, 2.75) is 20.3 Å². The van der Waals surface area contributed by atoms with Gasteiger partial charge in [-0.15, -0.1) is 11.3 Å². The number of primary amides is 1. The molecule has 1 aliphatic heterocycles. The summed E-state index contributed by atoms with van der Waals surface area (Å²) in [6.45, 7) is 4.76. The first kappa shape index (κ1) is 30.3. The van der Waals surface area contributed by atoms with Crippen molar-refractivity contribution in [3.05, 3.63) is 87.8 Å². The molecule has 2 heterocycles. The number of benzene rings is 3. The maximum absolute atomic E-state index is 14.0. The Bertz CT molecular complexity index is 1790. The number of nitrogens with one attached hydrogen (secondary N) is 2. The zero-order valence-corrected chi connectivity index (χ0v) is 25.2. The van der Waals surface area contributed by atoms with Crippen LogP contribution in [-0.2, 0) is 6.42 Å². The highest BCUT2D eigenvalue weighted by atomic mass is 32.1. The Kier molecular flexibility index (Phi) is 8.68. The Morgan fingerprint density at radius 2 is 1.75 bits per heavy atom. The summed E-state index contributed by atoms with van der Waals surface area (Å²) in [4.78, 5) is 52.0. The van der Waals surface area contributed by atoms with E-state index >= 15 is 0 Å². The van der Waals surface area contributed by atoms with Gasteiger partial charge in [0.15, 0.2) is 0 Å². The zero-order valence-electron chi connectivity index (χ0n) is 24.4. The van der Waals surface area contributed by atoms with Crippen molar-refractivity contribution >= 4 is 40.7 Å². The standard InChI is InChI=1S/C33H31N3O7S/c1-17(2)16-35-31(38)19-4-6-21(25(12-19)33(40)41)23-15-28-26(29-18(8-10-43-28)9-11-44-29)14-24(23)32(39)36-20-5-7-22(30(34)37)27(13-20)42-3/h4-7,9,11-15,17H,8,10,16H2,1-3H3,(H2,34,37)(H,35,38)(H,36,39)(H,40,41). The van der Waals surface area contributed by atoms with Crippen LogP contribution in [0.25, 0.3) is 21.6 Å².